The molecule has 1 aliphatic rings. The fourth-order valence-electron chi connectivity index (χ4n) is 2.21. The van der Waals surface area contributed by atoms with E-state index in [4.69, 9.17) is 4.74 Å². The van der Waals surface area contributed by atoms with Crippen molar-refractivity contribution in [1.82, 2.24) is 4.90 Å². The molecule has 1 heterocycles. The summed E-state index contributed by atoms with van der Waals surface area (Å²) in [4.78, 5) is 14.3. The van der Waals surface area contributed by atoms with Crippen molar-refractivity contribution in [2.75, 3.05) is 32.1 Å². The van der Waals surface area contributed by atoms with Crippen LogP contribution in [0.4, 0.5) is 5.69 Å². The van der Waals surface area contributed by atoms with E-state index in [0.717, 1.165) is 17.7 Å². The number of nitrogens with zero attached hydrogens (tertiary/aromatic N) is 1. The second-order valence-electron chi connectivity index (χ2n) is 4.46. The average molecular weight is 248 g/mol. The number of hydrogen-bond acceptors (Lipinski definition) is 3. The normalized spacial score (nSPS) is 19.7. The van der Waals surface area contributed by atoms with E-state index in [0.29, 0.717) is 19.8 Å². The number of nitrogens with one attached hydrogen (secondary N) is 1. The largest absolute Gasteiger partial charge is 0.388 e. The zero-order valence-electron chi connectivity index (χ0n) is 11.0. The topological polar surface area (TPSA) is 41.6 Å². The van der Waals surface area contributed by atoms with E-state index >= 15 is 0 Å². The van der Waals surface area contributed by atoms with Crippen molar-refractivity contribution >= 4 is 11.6 Å². The number of anilines is 1. The first-order valence-corrected chi connectivity index (χ1v) is 6.42. The zero-order valence-corrected chi connectivity index (χ0v) is 11.0. The van der Waals surface area contributed by atoms with E-state index in [1.165, 1.54) is 0 Å². The molecule has 1 aromatic rings. The lowest BCUT2D eigenvalue weighted by Crippen LogP contribution is -2.48. The van der Waals surface area contributed by atoms with Crippen LogP contribution in [-0.2, 0) is 4.74 Å². The number of hydrogen-bond donors (Lipinski definition) is 1. The lowest BCUT2D eigenvalue weighted by Gasteiger charge is -2.35. The predicted molar refractivity (Wildman–Crippen MR) is 71.9 cm³/mol. The van der Waals surface area contributed by atoms with Gasteiger partial charge in [-0.1, -0.05) is 6.92 Å². The van der Waals surface area contributed by atoms with Crippen LogP contribution in [0.3, 0.4) is 0 Å². The molecule has 0 aromatic heterocycles. The Morgan fingerprint density at radius 1 is 1.44 bits per heavy atom. The highest BCUT2D eigenvalue weighted by Gasteiger charge is 2.26. The Morgan fingerprint density at radius 3 is 2.78 bits per heavy atom. The summed E-state index contributed by atoms with van der Waals surface area (Å²) in [7, 11) is 1.87. The summed E-state index contributed by atoms with van der Waals surface area (Å²) in [6, 6.07) is 7.80. The molecule has 1 aromatic carbocycles. The average Bonchev–Trinajstić information content (AvgIpc) is 2.46. The summed E-state index contributed by atoms with van der Waals surface area (Å²) >= 11 is 0. The van der Waals surface area contributed by atoms with Gasteiger partial charge in [0.15, 0.2) is 0 Å². The summed E-state index contributed by atoms with van der Waals surface area (Å²) in [6.45, 7) is 4.06. The molecule has 4 heteroatoms. The van der Waals surface area contributed by atoms with Gasteiger partial charge < -0.3 is 15.0 Å². The Morgan fingerprint density at radius 2 is 2.17 bits per heavy atom. The number of carbonyl (C=O) groups is 1. The molecule has 1 saturated heterocycles. The molecule has 98 valence electrons. The molecular formula is C14H20N2O2. The van der Waals surface area contributed by atoms with Gasteiger partial charge in [-0.15, -0.1) is 0 Å². The van der Waals surface area contributed by atoms with Crippen LogP contribution >= 0.6 is 0 Å². The van der Waals surface area contributed by atoms with Crippen LogP contribution in [0.25, 0.3) is 0 Å². The van der Waals surface area contributed by atoms with Crippen LogP contribution in [0.5, 0.6) is 0 Å². The fourth-order valence-corrected chi connectivity index (χ4v) is 2.21. The lowest BCUT2D eigenvalue weighted by atomic mass is 10.1. The quantitative estimate of drug-likeness (QED) is 0.889. The van der Waals surface area contributed by atoms with Gasteiger partial charge >= 0.3 is 0 Å². The molecule has 1 fully saturated rings. The molecule has 0 aliphatic carbocycles. The maximum Gasteiger partial charge on any atom is 0.254 e. The van der Waals surface area contributed by atoms with E-state index in [1.54, 1.807) is 0 Å². The number of rotatable bonds is 3. The highest BCUT2D eigenvalue weighted by atomic mass is 16.5. The highest BCUT2D eigenvalue weighted by molar-refractivity contribution is 5.94. The number of carbonyl (C=O) groups excluding carboxylic acids is 1. The van der Waals surface area contributed by atoms with Crippen molar-refractivity contribution in [2.24, 2.45) is 0 Å². The Labute approximate surface area is 108 Å². The monoisotopic (exact) mass is 248 g/mol. The van der Waals surface area contributed by atoms with Gasteiger partial charge in [0.2, 0.25) is 0 Å². The summed E-state index contributed by atoms with van der Waals surface area (Å²) in [6.07, 6.45) is 0.931. The van der Waals surface area contributed by atoms with Crippen molar-refractivity contribution in [2.45, 2.75) is 19.4 Å². The standard InChI is InChI=1S/C14H20N2O2/c1-3-13-10-18-9-8-16(13)14(17)11-4-6-12(15-2)7-5-11/h4-7,13,15H,3,8-10H2,1-2H3. The van der Waals surface area contributed by atoms with E-state index in [1.807, 2.05) is 36.2 Å². The second kappa shape index (κ2) is 5.87. The summed E-state index contributed by atoms with van der Waals surface area (Å²) in [5, 5.41) is 3.05. The maximum absolute atomic E-state index is 12.4. The van der Waals surface area contributed by atoms with Gasteiger partial charge in [-0.3, -0.25) is 4.79 Å². The number of ether oxygens (including phenoxy) is 1. The third kappa shape index (κ3) is 2.64. The van der Waals surface area contributed by atoms with Crippen molar-refractivity contribution in [3.05, 3.63) is 29.8 Å². The summed E-state index contributed by atoms with van der Waals surface area (Å²) in [5.74, 6) is 0.104. The van der Waals surface area contributed by atoms with Crippen molar-refractivity contribution in [1.29, 1.82) is 0 Å². The van der Waals surface area contributed by atoms with Crippen LogP contribution in [0.15, 0.2) is 24.3 Å². The Hall–Kier alpha value is -1.55. The Kier molecular flexibility index (Phi) is 4.20. The molecule has 18 heavy (non-hydrogen) atoms. The molecular weight excluding hydrogens is 228 g/mol. The number of benzene rings is 1. The molecule has 1 unspecified atom stereocenters. The van der Waals surface area contributed by atoms with Crippen molar-refractivity contribution < 1.29 is 9.53 Å². The van der Waals surface area contributed by atoms with E-state index in [-0.39, 0.29) is 11.9 Å². The van der Waals surface area contributed by atoms with Crippen LogP contribution in [0, 0.1) is 0 Å². The van der Waals surface area contributed by atoms with Crippen molar-refractivity contribution in [3.63, 3.8) is 0 Å². The van der Waals surface area contributed by atoms with Gasteiger partial charge in [0.25, 0.3) is 5.91 Å². The molecule has 0 radical (unpaired) electrons. The van der Waals surface area contributed by atoms with Gasteiger partial charge in [-0.05, 0) is 30.7 Å². The molecule has 0 saturated carbocycles. The first-order chi connectivity index (χ1) is 8.76. The SMILES string of the molecule is CCC1COCCN1C(=O)c1ccc(NC)cc1. The molecule has 0 spiro atoms. The van der Waals surface area contributed by atoms with Crippen LogP contribution in [0.2, 0.25) is 0 Å². The molecule has 4 nitrogen and oxygen atoms in total. The Balaban J connectivity index is 2.13. The Bertz CT molecular complexity index is 403. The number of morpholine rings is 1. The van der Waals surface area contributed by atoms with Gasteiger partial charge in [-0.25, -0.2) is 0 Å². The predicted octanol–water partition coefficient (Wildman–Crippen LogP) is 1.98. The third-order valence-corrected chi connectivity index (χ3v) is 3.38. The first kappa shape index (κ1) is 12.9. The molecule has 1 atom stereocenters. The highest BCUT2D eigenvalue weighted by Crippen LogP contribution is 2.16. The molecule has 1 amide bonds. The number of amides is 1. The minimum absolute atomic E-state index is 0.104. The lowest BCUT2D eigenvalue weighted by molar-refractivity contribution is -0.00279. The summed E-state index contributed by atoms with van der Waals surface area (Å²) < 4.78 is 5.42. The van der Waals surface area contributed by atoms with Gasteiger partial charge in [0.05, 0.1) is 19.3 Å². The summed E-state index contributed by atoms with van der Waals surface area (Å²) in [5.41, 5.74) is 1.76. The maximum atomic E-state index is 12.4. The molecule has 2 rings (SSSR count). The van der Waals surface area contributed by atoms with Gasteiger partial charge in [0, 0.05) is 24.8 Å². The first-order valence-electron chi connectivity index (χ1n) is 6.42. The van der Waals surface area contributed by atoms with Gasteiger partial charge in [-0.2, -0.15) is 0 Å². The second-order valence-corrected chi connectivity index (χ2v) is 4.46. The minimum atomic E-state index is 0.104. The van der Waals surface area contributed by atoms with Crippen LogP contribution < -0.4 is 5.32 Å². The van der Waals surface area contributed by atoms with E-state index in [2.05, 4.69) is 12.2 Å². The molecule has 1 aliphatic heterocycles. The fraction of sp³-hybridized carbons (Fsp3) is 0.500. The van der Waals surface area contributed by atoms with Gasteiger partial charge in [0.1, 0.15) is 0 Å². The van der Waals surface area contributed by atoms with Crippen molar-refractivity contribution in [3.8, 4) is 0 Å². The molecule has 1 N–H and O–H groups in total. The molecule has 0 bridgehead atoms. The zero-order chi connectivity index (χ0) is 13.0. The smallest absolute Gasteiger partial charge is 0.254 e. The van der Waals surface area contributed by atoms with E-state index in [9.17, 15) is 4.79 Å². The van der Waals surface area contributed by atoms with Crippen LogP contribution in [-0.4, -0.2) is 43.7 Å². The van der Waals surface area contributed by atoms with Crippen LogP contribution in [0.1, 0.15) is 23.7 Å². The third-order valence-electron chi connectivity index (χ3n) is 3.38. The van der Waals surface area contributed by atoms with E-state index < -0.39 is 0 Å². The minimum Gasteiger partial charge on any atom is -0.388 e.